The highest BCUT2D eigenvalue weighted by atomic mass is 19.4. The van der Waals surface area contributed by atoms with Crippen LogP contribution in [0.4, 0.5) is 19.0 Å². The molecule has 9 heteroatoms. The zero-order valence-corrected chi connectivity index (χ0v) is 20.4. The highest BCUT2D eigenvalue weighted by Crippen LogP contribution is 2.35. The largest absolute Gasteiger partial charge is 0.417 e. The number of carbonyl (C=O) groups is 1. The number of pyridine rings is 2. The first-order chi connectivity index (χ1) is 17.8. The Balaban J connectivity index is 1.06. The fourth-order valence-corrected chi connectivity index (χ4v) is 5.86. The summed E-state index contributed by atoms with van der Waals surface area (Å²) in [5.41, 5.74) is 2.38. The van der Waals surface area contributed by atoms with Crippen LogP contribution in [-0.2, 0) is 11.0 Å². The Kier molecular flexibility index (Phi) is 6.10. The minimum absolute atomic E-state index is 0.113. The Labute approximate surface area is 213 Å². The lowest BCUT2D eigenvalue weighted by Gasteiger charge is -2.42. The van der Waals surface area contributed by atoms with Gasteiger partial charge in [0.05, 0.1) is 23.3 Å². The number of aromatic nitrogens is 2. The number of piperazine rings is 1. The van der Waals surface area contributed by atoms with Crippen LogP contribution < -0.4 is 4.90 Å². The highest BCUT2D eigenvalue weighted by molar-refractivity contribution is 5.82. The smallest absolute Gasteiger partial charge is 0.348 e. The average molecular weight is 508 g/mol. The third-order valence-electron chi connectivity index (χ3n) is 7.75. The molecule has 0 aliphatic carbocycles. The fraction of sp³-hybridized carbons (Fsp3) is 0.393. The van der Waals surface area contributed by atoms with Crippen molar-refractivity contribution >= 4 is 28.2 Å². The van der Waals surface area contributed by atoms with Crippen molar-refractivity contribution in [3.8, 4) is 0 Å². The quantitative estimate of drug-likeness (QED) is 0.516. The number of hydrogen-bond donors (Lipinski definition) is 0. The van der Waals surface area contributed by atoms with Crippen molar-refractivity contribution in [1.29, 1.82) is 0 Å². The molecule has 2 fully saturated rings. The van der Waals surface area contributed by atoms with Gasteiger partial charge in [-0.25, -0.2) is 9.97 Å². The lowest BCUT2D eigenvalue weighted by Crippen LogP contribution is -2.56. The topological polar surface area (TPSA) is 52.6 Å². The summed E-state index contributed by atoms with van der Waals surface area (Å²) in [7, 11) is 0. The summed E-state index contributed by atoms with van der Waals surface area (Å²) >= 11 is 0. The number of nitrogens with zero attached hydrogens (tertiary/aromatic N) is 5. The van der Waals surface area contributed by atoms with Crippen molar-refractivity contribution in [3.05, 3.63) is 72.1 Å². The summed E-state index contributed by atoms with van der Waals surface area (Å²) in [5.74, 6) is 0.699. The summed E-state index contributed by atoms with van der Waals surface area (Å²) in [6, 6.07) is 15.1. The molecular formula is C28H28F3N5O. The van der Waals surface area contributed by atoms with E-state index in [1.165, 1.54) is 11.6 Å². The normalized spacial score (nSPS) is 22.4. The molecule has 0 spiro atoms. The SMILES string of the molecule is O=C(CN1CC2CCC(C1)N2c1ccc(C(F)(F)F)cn1)N1CC=C(c2ccc3ccccc3n2)CC1. The number of hydrogen-bond acceptors (Lipinski definition) is 5. The Morgan fingerprint density at radius 1 is 1.00 bits per heavy atom. The molecule has 37 heavy (non-hydrogen) atoms. The average Bonchev–Trinajstić information content (AvgIpc) is 3.18. The minimum Gasteiger partial charge on any atom is -0.348 e. The van der Waals surface area contributed by atoms with E-state index in [2.05, 4.69) is 26.9 Å². The molecule has 192 valence electrons. The van der Waals surface area contributed by atoms with Gasteiger partial charge in [-0.3, -0.25) is 9.69 Å². The van der Waals surface area contributed by atoms with Crippen LogP contribution in [0.15, 0.2) is 60.8 Å². The molecule has 2 unspecified atom stereocenters. The van der Waals surface area contributed by atoms with E-state index in [9.17, 15) is 18.0 Å². The van der Waals surface area contributed by atoms with Gasteiger partial charge in [-0.2, -0.15) is 13.2 Å². The summed E-state index contributed by atoms with van der Waals surface area (Å²) in [4.78, 5) is 28.3. The third kappa shape index (κ3) is 4.80. The summed E-state index contributed by atoms with van der Waals surface area (Å²) in [6.45, 7) is 3.02. The molecule has 0 radical (unpaired) electrons. The molecule has 3 aromatic rings. The number of benzene rings is 1. The van der Waals surface area contributed by atoms with Crippen molar-refractivity contribution in [2.24, 2.45) is 0 Å². The molecule has 0 saturated carbocycles. The van der Waals surface area contributed by atoms with Crippen molar-refractivity contribution in [2.45, 2.75) is 37.5 Å². The van der Waals surface area contributed by atoms with Gasteiger partial charge in [-0.1, -0.05) is 30.3 Å². The van der Waals surface area contributed by atoms with E-state index in [4.69, 9.17) is 4.98 Å². The number of para-hydroxylation sites is 1. The number of carbonyl (C=O) groups excluding carboxylic acids is 1. The standard InChI is InChI=1S/C28H28F3N5O/c29-28(30,31)21-6-10-26(32-15-21)36-22-7-8-23(36)17-34(16-22)18-27(37)35-13-11-20(12-14-35)25-9-5-19-3-1-2-4-24(19)33-25/h1-6,9-11,15,22-23H,7-8,12-14,16-18H2. The molecular weight excluding hydrogens is 479 g/mol. The lowest BCUT2D eigenvalue weighted by atomic mass is 10.0. The van der Waals surface area contributed by atoms with Gasteiger partial charge in [0.25, 0.3) is 0 Å². The first-order valence-corrected chi connectivity index (χ1v) is 12.7. The molecule has 3 aliphatic rings. The van der Waals surface area contributed by atoms with Crippen molar-refractivity contribution in [2.75, 3.05) is 37.6 Å². The van der Waals surface area contributed by atoms with Gasteiger partial charge in [-0.15, -0.1) is 0 Å². The maximum Gasteiger partial charge on any atom is 0.417 e. The summed E-state index contributed by atoms with van der Waals surface area (Å²) < 4.78 is 38.7. The van der Waals surface area contributed by atoms with E-state index in [0.29, 0.717) is 38.5 Å². The van der Waals surface area contributed by atoms with E-state index in [1.807, 2.05) is 35.2 Å². The van der Waals surface area contributed by atoms with Gasteiger partial charge >= 0.3 is 6.18 Å². The number of halogens is 3. The van der Waals surface area contributed by atoms with Gasteiger partial charge < -0.3 is 9.80 Å². The molecule has 5 heterocycles. The van der Waals surface area contributed by atoms with Crippen LogP contribution in [0.1, 0.15) is 30.5 Å². The molecule has 3 aliphatic heterocycles. The predicted octanol–water partition coefficient (Wildman–Crippen LogP) is 4.62. The molecule has 2 atom stereocenters. The molecule has 6 nitrogen and oxygen atoms in total. The summed E-state index contributed by atoms with van der Waals surface area (Å²) in [6.07, 6.45) is 1.31. The van der Waals surface area contributed by atoms with Gasteiger partial charge in [0.2, 0.25) is 5.91 Å². The van der Waals surface area contributed by atoms with E-state index in [0.717, 1.165) is 48.1 Å². The monoisotopic (exact) mass is 507 g/mol. The minimum atomic E-state index is -4.39. The Morgan fingerprint density at radius 3 is 2.46 bits per heavy atom. The van der Waals surface area contributed by atoms with Crippen molar-refractivity contribution < 1.29 is 18.0 Å². The zero-order valence-electron chi connectivity index (χ0n) is 20.4. The van der Waals surface area contributed by atoms with Crippen LogP contribution in [-0.4, -0.2) is 70.5 Å². The first-order valence-electron chi connectivity index (χ1n) is 12.7. The second-order valence-corrected chi connectivity index (χ2v) is 10.1. The number of alkyl halides is 3. The van der Waals surface area contributed by atoms with Crippen LogP contribution in [0.3, 0.4) is 0 Å². The Bertz CT molecular complexity index is 1330. The number of likely N-dealkylation sites (tertiary alicyclic amines) is 1. The summed E-state index contributed by atoms with van der Waals surface area (Å²) in [5, 5.41) is 1.11. The number of anilines is 1. The Morgan fingerprint density at radius 2 is 1.78 bits per heavy atom. The zero-order chi connectivity index (χ0) is 25.6. The second kappa shape index (κ2) is 9.45. The first kappa shape index (κ1) is 23.9. The molecule has 2 saturated heterocycles. The van der Waals surface area contributed by atoms with Gasteiger partial charge in [0, 0.05) is 49.8 Å². The van der Waals surface area contributed by atoms with Crippen LogP contribution in [0, 0.1) is 0 Å². The molecule has 2 bridgehead atoms. The maximum atomic E-state index is 13.1. The highest BCUT2D eigenvalue weighted by Gasteiger charge is 2.41. The second-order valence-electron chi connectivity index (χ2n) is 10.1. The van der Waals surface area contributed by atoms with Gasteiger partial charge in [-0.05, 0) is 49.1 Å². The van der Waals surface area contributed by atoms with Crippen LogP contribution in [0.5, 0.6) is 0 Å². The van der Waals surface area contributed by atoms with E-state index < -0.39 is 11.7 Å². The number of fused-ring (bicyclic) bond motifs is 3. The molecule has 2 aromatic heterocycles. The van der Waals surface area contributed by atoms with Gasteiger partial charge in [0.1, 0.15) is 5.82 Å². The van der Waals surface area contributed by atoms with Crippen LogP contribution in [0.2, 0.25) is 0 Å². The van der Waals surface area contributed by atoms with E-state index in [1.54, 1.807) is 0 Å². The number of rotatable bonds is 4. The van der Waals surface area contributed by atoms with Gasteiger partial charge in [0.15, 0.2) is 0 Å². The number of amides is 1. The predicted molar refractivity (Wildman–Crippen MR) is 136 cm³/mol. The molecule has 1 aromatic carbocycles. The maximum absolute atomic E-state index is 13.1. The molecule has 1 amide bonds. The van der Waals surface area contributed by atoms with Crippen molar-refractivity contribution in [1.82, 2.24) is 19.8 Å². The van der Waals surface area contributed by atoms with Crippen LogP contribution >= 0.6 is 0 Å². The lowest BCUT2D eigenvalue weighted by molar-refractivity contribution is -0.137. The molecule has 0 N–H and O–H groups in total. The van der Waals surface area contributed by atoms with Crippen molar-refractivity contribution in [3.63, 3.8) is 0 Å². The van der Waals surface area contributed by atoms with Crippen LogP contribution in [0.25, 0.3) is 16.5 Å². The Hall–Kier alpha value is -3.46. The fourth-order valence-electron chi connectivity index (χ4n) is 5.86. The van der Waals surface area contributed by atoms with E-state index >= 15 is 0 Å². The van der Waals surface area contributed by atoms with E-state index in [-0.39, 0.29) is 18.0 Å². The third-order valence-corrected chi connectivity index (χ3v) is 7.75. The molecule has 6 rings (SSSR count).